The molecule has 0 spiro atoms. The molecule has 0 unspecified atom stereocenters. The quantitative estimate of drug-likeness (QED) is 0.834. The first-order valence-electron chi connectivity index (χ1n) is 6.58. The lowest BCUT2D eigenvalue weighted by molar-refractivity contribution is -0.152. The van der Waals surface area contributed by atoms with Crippen LogP contribution in [0.1, 0.15) is 37.4 Å². The number of nitrogens with one attached hydrogen (secondary N) is 1. The van der Waals surface area contributed by atoms with Crippen molar-refractivity contribution in [3.8, 4) is 0 Å². The maximum atomic E-state index is 12.0. The van der Waals surface area contributed by atoms with Crippen LogP contribution < -0.4 is 5.32 Å². The van der Waals surface area contributed by atoms with E-state index in [2.05, 4.69) is 36.5 Å². The molecule has 0 bridgehead atoms. The number of ether oxygens (including phenoxy) is 1. The van der Waals surface area contributed by atoms with Crippen molar-refractivity contribution in [2.24, 2.45) is 5.92 Å². The van der Waals surface area contributed by atoms with Gasteiger partial charge in [0.15, 0.2) is 0 Å². The predicted molar refractivity (Wildman–Crippen MR) is 71.3 cm³/mol. The average Bonchev–Trinajstić information content (AvgIpc) is 2.78. The Kier molecular flexibility index (Phi) is 4.02. The highest BCUT2D eigenvalue weighted by Crippen LogP contribution is 2.30. The molecule has 0 aromatic heterocycles. The van der Waals surface area contributed by atoms with Crippen LogP contribution in [0.4, 0.5) is 0 Å². The number of carbonyl (C=O) groups is 1. The van der Waals surface area contributed by atoms with Gasteiger partial charge >= 0.3 is 5.97 Å². The molecular formula is C15H21NO2. The third kappa shape index (κ3) is 2.91. The molecule has 0 saturated carbocycles. The lowest BCUT2D eigenvalue weighted by atomic mass is 9.94. The van der Waals surface area contributed by atoms with Gasteiger partial charge in [-0.25, -0.2) is 0 Å². The highest BCUT2D eigenvalue weighted by atomic mass is 16.5. The minimum absolute atomic E-state index is 0.0447. The van der Waals surface area contributed by atoms with E-state index in [0.29, 0.717) is 0 Å². The molecular weight excluding hydrogens is 226 g/mol. The first-order chi connectivity index (χ1) is 8.58. The summed E-state index contributed by atoms with van der Waals surface area (Å²) >= 11 is 0. The van der Waals surface area contributed by atoms with E-state index in [1.807, 2.05) is 13.8 Å². The number of hydrogen-bond donors (Lipinski definition) is 1. The molecule has 1 aliphatic heterocycles. The van der Waals surface area contributed by atoms with Crippen LogP contribution in [-0.4, -0.2) is 18.6 Å². The van der Waals surface area contributed by atoms with Gasteiger partial charge in [-0.15, -0.1) is 0 Å². The Labute approximate surface area is 109 Å². The Bertz CT molecular complexity index is 411. The third-order valence-electron chi connectivity index (χ3n) is 3.31. The highest BCUT2D eigenvalue weighted by Gasteiger charge is 2.35. The van der Waals surface area contributed by atoms with Crippen LogP contribution in [0.2, 0.25) is 0 Å². The number of aryl methyl sites for hydroxylation is 1. The van der Waals surface area contributed by atoms with Gasteiger partial charge in [0.05, 0.1) is 12.0 Å². The van der Waals surface area contributed by atoms with Gasteiger partial charge in [-0.3, -0.25) is 4.79 Å². The van der Waals surface area contributed by atoms with Gasteiger partial charge < -0.3 is 10.1 Å². The normalized spacial score (nSPS) is 23.3. The first kappa shape index (κ1) is 13.1. The summed E-state index contributed by atoms with van der Waals surface area (Å²) in [5, 5.41) is 3.40. The average molecular weight is 247 g/mol. The molecule has 2 rings (SSSR count). The zero-order valence-electron chi connectivity index (χ0n) is 11.3. The summed E-state index contributed by atoms with van der Waals surface area (Å²) in [5.74, 6) is -0.143. The van der Waals surface area contributed by atoms with Gasteiger partial charge in [0, 0.05) is 6.04 Å². The third-order valence-corrected chi connectivity index (χ3v) is 3.31. The minimum Gasteiger partial charge on any atom is -0.463 e. The minimum atomic E-state index is -0.0828. The van der Waals surface area contributed by atoms with E-state index >= 15 is 0 Å². The van der Waals surface area contributed by atoms with Gasteiger partial charge in [0.1, 0.15) is 0 Å². The monoisotopic (exact) mass is 247 g/mol. The maximum Gasteiger partial charge on any atom is 0.311 e. The molecule has 3 heteroatoms. The van der Waals surface area contributed by atoms with Crippen molar-refractivity contribution in [3.05, 3.63) is 35.4 Å². The lowest BCUT2D eigenvalue weighted by Crippen LogP contribution is -2.27. The summed E-state index contributed by atoms with van der Waals surface area (Å²) in [6.07, 6.45) is 0.807. The van der Waals surface area contributed by atoms with E-state index in [4.69, 9.17) is 4.74 Å². The number of benzene rings is 1. The van der Waals surface area contributed by atoms with Crippen LogP contribution >= 0.6 is 0 Å². The van der Waals surface area contributed by atoms with Crippen LogP contribution in [0, 0.1) is 12.8 Å². The molecule has 0 aliphatic carbocycles. The Morgan fingerprint density at radius 3 is 2.61 bits per heavy atom. The summed E-state index contributed by atoms with van der Waals surface area (Å²) in [5.41, 5.74) is 2.40. The summed E-state index contributed by atoms with van der Waals surface area (Å²) in [6.45, 7) is 6.72. The summed E-state index contributed by atoms with van der Waals surface area (Å²) in [7, 11) is 0. The second kappa shape index (κ2) is 5.53. The Balaban J connectivity index is 2.12. The highest BCUT2D eigenvalue weighted by molar-refractivity contribution is 5.74. The second-order valence-electron chi connectivity index (χ2n) is 5.22. The number of hydrogen-bond acceptors (Lipinski definition) is 3. The Morgan fingerprint density at radius 1 is 1.33 bits per heavy atom. The molecule has 2 atom stereocenters. The van der Waals surface area contributed by atoms with Gasteiger partial charge in [-0.1, -0.05) is 29.8 Å². The molecule has 1 aliphatic rings. The lowest BCUT2D eigenvalue weighted by Gasteiger charge is -2.20. The smallest absolute Gasteiger partial charge is 0.311 e. The zero-order chi connectivity index (χ0) is 13.1. The molecule has 1 N–H and O–H groups in total. The van der Waals surface area contributed by atoms with Gasteiger partial charge in [-0.2, -0.15) is 0 Å². The summed E-state index contributed by atoms with van der Waals surface area (Å²) in [6, 6.07) is 8.44. The molecule has 1 saturated heterocycles. The van der Waals surface area contributed by atoms with Crippen molar-refractivity contribution >= 4 is 5.97 Å². The second-order valence-corrected chi connectivity index (χ2v) is 5.22. The molecule has 98 valence electrons. The molecule has 0 amide bonds. The van der Waals surface area contributed by atoms with Crippen LogP contribution in [-0.2, 0) is 9.53 Å². The van der Waals surface area contributed by atoms with Crippen LogP contribution in [0.5, 0.6) is 0 Å². The van der Waals surface area contributed by atoms with Gasteiger partial charge in [0.25, 0.3) is 0 Å². The van der Waals surface area contributed by atoms with Crippen molar-refractivity contribution in [2.45, 2.75) is 39.3 Å². The fourth-order valence-corrected chi connectivity index (χ4v) is 2.40. The maximum absolute atomic E-state index is 12.0. The van der Waals surface area contributed by atoms with E-state index in [1.54, 1.807) is 0 Å². The Morgan fingerprint density at radius 2 is 2.00 bits per heavy atom. The van der Waals surface area contributed by atoms with Crippen molar-refractivity contribution in [2.75, 3.05) is 6.54 Å². The number of esters is 1. The van der Waals surface area contributed by atoms with E-state index in [0.717, 1.165) is 13.0 Å². The first-order valence-corrected chi connectivity index (χ1v) is 6.58. The van der Waals surface area contributed by atoms with Gasteiger partial charge in [-0.05, 0) is 39.3 Å². The van der Waals surface area contributed by atoms with Crippen LogP contribution in [0.3, 0.4) is 0 Å². The van der Waals surface area contributed by atoms with E-state index in [9.17, 15) is 4.79 Å². The molecule has 1 fully saturated rings. The van der Waals surface area contributed by atoms with Crippen molar-refractivity contribution in [1.82, 2.24) is 5.32 Å². The topological polar surface area (TPSA) is 38.3 Å². The number of carbonyl (C=O) groups excluding carboxylic acids is 1. The largest absolute Gasteiger partial charge is 0.463 e. The predicted octanol–water partition coefficient (Wildman–Crippen LogP) is 2.60. The zero-order valence-corrected chi connectivity index (χ0v) is 11.3. The van der Waals surface area contributed by atoms with E-state index in [-0.39, 0.29) is 24.0 Å². The Hall–Kier alpha value is -1.35. The molecule has 18 heavy (non-hydrogen) atoms. The molecule has 1 aromatic rings. The molecule has 1 aromatic carbocycles. The fraction of sp³-hybridized carbons (Fsp3) is 0.533. The van der Waals surface area contributed by atoms with Crippen molar-refractivity contribution in [1.29, 1.82) is 0 Å². The van der Waals surface area contributed by atoms with Crippen LogP contribution in [0.15, 0.2) is 24.3 Å². The van der Waals surface area contributed by atoms with Crippen molar-refractivity contribution in [3.63, 3.8) is 0 Å². The van der Waals surface area contributed by atoms with E-state index < -0.39 is 0 Å². The van der Waals surface area contributed by atoms with Crippen molar-refractivity contribution < 1.29 is 9.53 Å². The van der Waals surface area contributed by atoms with Crippen LogP contribution in [0.25, 0.3) is 0 Å². The SMILES string of the molecule is Cc1ccc([C@H]2NCC[C@@H]2C(=O)OC(C)C)cc1. The molecule has 0 radical (unpaired) electrons. The molecule has 3 nitrogen and oxygen atoms in total. The summed E-state index contributed by atoms with van der Waals surface area (Å²) < 4.78 is 5.33. The van der Waals surface area contributed by atoms with E-state index in [1.165, 1.54) is 11.1 Å². The molecule has 1 heterocycles. The standard InChI is InChI=1S/C15H21NO2/c1-10(2)18-15(17)13-8-9-16-14(13)12-6-4-11(3)5-7-12/h4-7,10,13-14,16H,8-9H2,1-3H3/t13-,14+/m0/s1. The number of rotatable bonds is 3. The van der Waals surface area contributed by atoms with Gasteiger partial charge in [0.2, 0.25) is 0 Å². The summed E-state index contributed by atoms with van der Waals surface area (Å²) in [4.78, 5) is 12.0. The fourth-order valence-electron chi connectivity index (χ4n) is 2.40.